The number of nitrogens with one attached hydrogen (secondary N) is 3. The van der Waals surface area contributed by atoms with Crippen molar-refractivity contribution in [2.75, 3.05) is 30.0 Å². The maximum Gasteiger partial charge on any atom is 0.255 e. The minimum Gasteiger partial charge on any atom is -0.496 e. The van der Waals surface area contributed by atoms with Gasteiger partial charge in [-0.15, -0.1) is 0 Å². The maximum atomic E-state index is 12.9. The van der Waals surface area contributed by atoms with E-state index in [1.54, 1.807) is 30.3 Å². The molecule has 0 aliphatic carbocycles. The van der Waals surface area contributed by atoms with E-state index in [1.807, 2.05) is 13.8 Å². The fourth-order valence-electron chi connectivity index (χ4n) is 2.90. The second-order valence-electron chi connectivity index (χ2n) is 7.31. The van der Waals surface area contributed by atoms with Gasteiger partial charge >= 0.3 is 0 Å². The predicted octanol–water partition coefficient (Wildman–Crippen LogP) is 2.86. The number of rotatable bonds is 10. The molecule has 174 valence electrons. The molecule has 2 aromatic rings. The van der Waals surface area contributed by atoms with Crippen molar-refractivity contribution >= 4 is 33.2 Å². The van der Waals surface area contributed by atoms with Crippen molar-refractivity contribution in [1.29, 1.82) is 0 Å². The lowest BCUT2D eigenvalue weighted by Crippen LogP contribution is -2.47. The van der Waals surface area contributed by atoms with E-state index in [9.17, 15) is 18.0 Å². The number of ether oxygens (including phenoxy) is 2. The summed E-state index contributed by atoms with van der Waals surface area (Å²) in [6.07, 6.45) is 0. The maximum absolute atomic E-state index is 12.9. The largest absolute Gasteiger partial charge is 0.496 e. The number of hydrogen-bond donors (Lipinski definition) is 3. The molecule has 0 heterocycles. The first-order valence-electron chi connectivity index (χ1n) is 10.0. The van der Waals surface area contributed by atoms with Crippen molar-refractivity contribution in [2.45, 2.75) is 26.8 Å². The Morgan fingerprint density at radius 3 is 2.25 bits per heavy atom. The van der Waals surface area contributed by atoms with Gasteiger partial charge in [-0.2, -0.15) is 0 Å². The SMILES string of the molecule is CCS(=O)(=O)Nc1ccc(NC(=O)C(NC(=O)c2ccccc2OC)C(C)C)cc1OC. The average Bonchev–Trinajstić information content (AvgIpc) is 2.77. The Morgan fingerprint density at radius 2 is 1.66 bits per heavy atom. The van der Waals surface area contributed by atoms with Crippen molar-refractivity contribution in [3.05, 3.63) is 48.0 Å². The zero-order valence-electron chi connectivity index (χ0n) is 18.8. The smallest absolute Gasteiger partial charge is 0.255 e. The molecule has 0 fully saturated rings. The van der Waals surface area contributed by atoms with E-state index in [-0.39, 0.29) is 23.1 Å². The van der Waals surface area contributed by atoms with Crippen LogP contribution in [-0.2, 0) is 14.8 Å². The van der Waals surface area contributed by atoms with E-state index in [0.29, 0.717) is 17.0 Å². The van der Waals surface area contributed by atoms with Gasteiger partial charge in [0.15, 0.2) is 0 Å². The molecule has 1 unspecified atom stereocenters. The van der Waals surface area contributed by atoms with Gasteiger partial charge in [0, 0.05) is 11.8 Å². The molecule has 0 aliphatic rings. The van der Waals surface area contributed by atoms with Crippen LogP contribution in [0.4, 0.5) is 11.4 Å². The van der Waals surface area contributed by atoms with Crippen molar-refractivity contribution in [1.82, 2.24) is 5.32 Å². The lowest BCUT2D eigenvalue weighted by molar-refractivity contribution is -0.118. The van der Waals surface area contributed by atoms with Gasteiger partial charge in [0.1, 0.15) is 17.5 Å². The number of amides is 2. The fourth-order valence-corrected chi connectivity index (χ4v) is 3.55. The van der Waals surface area contributed by atoms with Crippen molar-refractivity contribution in [2.24, 2.45) is 5.92 Å². The average molecular weight is 464 g/mol. The minimum absolute atomic E-state index is 0.0867. The van der Waals surface area contributed by atoms with Crippen LogP contribution in [0, 0.1) is 5.92 Å². The molecule has 3 N–H and O–H groups in total. The summed E-state index contributed by atoms with van der Waals surface area (Å²) < 4.78 is 36.6. The Kier molecular flexibility index (Phi) is 8.48. The van der Waals surface area contributed by atoms with Gasteiger partial charge in [-0.05, 0) is 37.1 Å². The normalized spacial score (nSPS) is 12.1. The molecule has 2 amide bonds. The second-order valence-corrected chi connectivity index (χ2v) is 9.32. The zero-order valence-corrected chi connectivity index (χ0v) is 19.6. The molecule has 0 spiro atoms. The molecule has 0 aliphatic heterocycles. The molecular formula is C22H29N3O6S. The molecule has 0 aromatic heterocycles. The lowest BCUT2D eigenvalue weighted by Gasteiger charge is -2.22. The third-order valence-electron chi connectivity index (χ3n) is 4.70. The first-order valence-corrected chi connectivity index (χ1v) is 11.7. The Balaban J connectivity index is 2.20. The highest BCUT2D eigenvalue weighted by Crippen LogP contribution is 2.29. The number of sulfonamides is 1. The molecule has 10 heteroatoms. The van der Waals surface area contributed by atoms with E-state index in [1.165, 1.54) is 33.3 Å². The molecule has 1 atom stereocenters. The van der Waals surface area contributed by atoms with Gasteiger partial charge in [-0.1, -0.05) is 26.0 Å². The monoisotopic (exact) mass is 463 g/mol. The van der Waals surface area contributed by atoms with Gasteiger partial charge < -0.3 is 20.1 Å². The summed E-state index contributed by atoms with van der Waals surface area (Å²) in [5.74, 6) is -0.491. The molecule has 0 saturated carbocycles. The molecule has 2 aromatic carbocycles. The third kappa shape index (κ3) is 6.36. The topological polar surface area (TPSA) is 123 Å². The Bertz CT molecular complexity index is 1070. The van der Waals surface area contributed by atoms with Gasteiger partial charge in [0.25, 0.3) is 5.91 Å². The van der Waals surface area contributed by atoms with Gasteiger partial charge in [-0.25, -0.2) is 8.42 Å². The fraction of sp³-hybridized carbons (Fsp3) is 0.364. The van der Waals surface area contributed by atoms with Gasteiger partial charge in [-0.3, -0.25) is 14.3 Å². The highest BCUT2D eigenvalue weighted by atomic mass is 32.2. The quantitative estimate of drug-likeness (QED) is 0.498. The highest BCUT2D eigenvalue weighted by Gasteiger charge is 2.26. The first kappa shape index (κ1) is 25.0. The van der Waals surface area contributed by atoms with E-state index in [4.69, 9.17) is 9.47 Å². The number of anilines is 2. The number of para-hydroxylation sites is 1. The number of methoxy groups -OCH3 is 2. The van der Waals surface area contributed by atoms with E-state index < -0.39 is 27.9 Å². The summed E-state index contributed by atoms with van der Waals surface area (Å²) in [6, 6.07) is 10.5. The molecule has 9 nitrogen and oxygen atoms in total. The standard InChI is InChI=1S/C22H29N3O6S/c1-6-32(28,29)25-17-12-11-15(13-19(17)31-5)23-22(27)20(14(2)3)24-21(26)16-9-7-8-10-18(16)30-4/h7-14,20,25H,6H2,1-5H3,(H,23,27)(H,24,26). The third-order valence-corrected chi connectivity index (χ3v) is 5.99. The minimum atomic E-state index is -3.49. The van der Waals surface area contributed by atoms with Crippen LogP contribution in [0.15, 0.2) is 42.5 Å². The molecule has 0 bridgehead atoms. The summed E-state index contributed by atoms with van der Waals surface area (Å²) in [5, 5.41) is 5.50. The summed E-state index contributed by atoms with van der Waals surface area (Å²) in [7, 11) is -0.620. The number of hydrogen-bond acceptors (Lipinski definition) is 6. The van der Waals surface area contributed by atoms with E-state index in [2.05, 4.69) is 15.4 Å². The van der Waals surface area contributed by atoms with Crippen LogP contribution in [0.25, 0.3) is 0 Å². The lowest BCUT2D eigenvalue weighted by atomic mass is 10.0. The first-order chi connectivity index (χ1) is 15.1. The van der Waals surface area contributed by atoms with Crippen molar-refractivity contribution in [3.63, 3.8) is 0 Å². The second kappa shape index (κ2) is 10.9. The van der Waals surface area contributed by atoms with E-state index in [0.717, 1.165) is 0 Å². The van der Waals surface area contributed by atoms with Crippen LogP contribution >= 0.6 is 0 Å². The Morgan fingerprint density at radius 1 is 1.00 bits per heavy atom. The zero-order chi connectivity index (χ0) is 23.9. The van der Waals surface area contributed by atoms with Gasteiger partial charge in [0.05, 0.1) is 31.2 Å². The number of carbonyl (C=O) groups excluding carboxylic acids is 2. The molecule has 0 saturated heterocycles. The van der Waals surface area contributed by atoms with Crippen LogP contribution in [-0.4, -0.2) is 46.2 Å². The Hall–Kier alpha value is -3.27. The van der Waals surface area contributed by atoms with Crippen molar-refractivity contribution < 1.29 is 27.5 Å². The van der Waals surface area contributed by atoms with Crippen LogP contribution in [0.2, 0.25) is 0 Å². The summed E-state index contributed by atoms with van der Waals surface area (Å²) in [6.45, 7) is 5.15. The van der Waals surface area contributed by atoms with Crippen LogP contribution in [0.3, 0.4) is 0 Å². The molecule has 32 heavy (non-hydrogen) atoms. The summed E-state index contributed by atoms with van der Waals surface area (Å²) >= 11 is 0. The van der Waals surface area contributed by atoms with Crippen LogP contribution < -0.4 is 24.8 Å². The summed E-state index contributed by atoms with van der Waals surface area (Å²) in [4.78, 5) is 25.7. The number of benzene rings is 2. The van der Waals surface area contributed by atoms with Gasteiger partial charge in [0.2, 0.25) is 15.9 Å². The predicted molar refractivity (Wildman–Crippen MR) is 124 cm³/mol. The van der Waals surface area contributed by atoms with Crippen molar-refractivity contribution in [3.8, 4) is 11.5 Å². The number of carbonyl (C=O) groups is 2. The molecular weight excluding hydrogens is 434 g/mol. The van der Waals surface area contributed by atoms with Crippen LogP contribution in [0.5, 0.6) is 11.5 Å². The molecule has 2 rings (SSSR count). The van der Waals surface area contributed by atoms with E-state index >= 15 is 0 Å². The Labute approximate surface area is 188 Å². The highest BCUT2D eigenvalue weighted by molar-refractivity contribution is 7.92. The van der Waals surface area contributed by atoms with Crippen LogP contribution in [0.1, 0.15) is 31.1 Å². The summed E-state index contributed by atoms with van der Waals surface area (Å²) in [5.41, 5.74) is 0.975. The molecule has 0 radical (unpaired) electrons.